The zero-order chi connectivity index (χ0) is 9.42. The molecule has 13 heavy (non-hydrogen) atoms. The molecule has 0 spiro atoms. The van der Waals surface area contributed by atoms with Crippen molar-refractivity contribution in [2.24, 2.45) is 5.73 Å². The molecule has 0 saturated carbocycles. The molecule has 3 nitrogen and oxygen atoms in total. The van der Waals surface area contributed by atoms with E-state index in [4.69, 9.17) is 5.73 Å². The van der Waals surface area contributed by atoms with Gasteiger partial charge < -0.3 is 15.8 Å². The fraction of sp³-hybridized carbons (Fsp3) is 0.200. The summed E-state index contributed by atoms with van der Waals surface area (Å²) in [5.74, 6) is 0.269. The third-order valence-electron chi connectivity index (χ3n) is 2.16. The molecule has 1 aromatic heterocycles. The number of aromatic amines is 1. The third kappa shape index (κ3) is 1.17. The van der Waals surface area contributed by atoms with Crippen LogP contribution in [0.3, 0.4) is 0 Å². The average molecular weight is 176 g/mol. The first-order valence-electron chi connectivity index (χ1n) is 4.25. The van der Waals surface area contributed by atoms with Gasteiger partial charge in [0.2, 0.25) is 0 Å². The Morgan fingerprint density at radius 2 is 2.08 bits per heavy atom. The number of nitrogens with one attached hydrogen (secondary N) is 1. The molecule has 4 N–H and O–H groups in total. The van der Waals surface area contributed by atoms with Crippen molar-refractivity contribution < 1.29 is 5.11 Å². The molecule has 0 bridgehead atoms. The maximum absolute atomic E-state index is 9.75. The summed E-state index contributed by atoms with van der Waals surface area (Å²) >= 11 is 0. The van der Waals surface area contributed by atoms with Crippen molar-refractivity contribution in [2.75, 3.05) is 0 Å². The summed E-state index contributed by atoms with van der Waals surface area (Å²) in [5.41, 5.74) is 7.31. The van der Waals surface area contributed by atoms with Crippen LogP contribution < -0.4 is 5.73 Å². The Morgan fingerprint density at radius 1 is 1.38 bits per heavy atom. The Bertz CT molecular complexity index is 431. The number of nitrogens with two attached hydrogens (primary N) is 1. The molecule has 0 unspecified atom stereocenters. The van der Waals surface area contributed by atoms with E-state index < -0.39 is 0 Å². The van der Waals surface area contributed by atoms with Crippen LogP contribution in [0.5, 0.6) is 5.75 Å². The van der Waals surface area contributed by atoms with E-state index in [0.29, 0.717) is 5.69 Å². The van der Waals surface area contributed by atoms with Gasteiger partial charge >= 0.3 is 0 Å². The van der Waals surface area contributed by atoms with E-state index in [1.54, 1.807) is 0 Å². The van der Waals surface area contributed by atoms with E-state index in [2.05, 4.69) is 4.98 Å². The lowest BCUT2D eigenvalue weighted by molar-refractivity contribution is 0.469. The van der Waals surface area contributed by atoms with Crippen LogP contribution in [0.2, 0.25) is 0 Å². The number of rotatable bonds is 1. The fourth-order valence-electron chi connectivity index (χ4n) is 1.48. The van der Waals surface area contributed by atoms with Gasteiger partial charge in [-0.15, -0.1) is 0 Å². The van der Waals surface area contributed by atoms with Gasteiger partial charge in [-0.05, 0) is 19.1 Å². The number of aromatic hydroxyl groups is 1. The number of aromatic nitrogens is 1. The summed E-state index contributed by atoms with van der Waals surface area (Å²) in [7, 11) is 0. The van der Waals surface area contributed by atoms with Crippen LogP contribution in [0.25, 0.3) is 10.9 Å². The number of para-hydroxylation sites is 1. The SMILES string of the molecule is C[C@H](N)c1[nH]c2ccccc2c1O. The summed E-state index contributed by atoms with van der Waals surface area (Å²) in [5, 5.41) is 10.6. The molecule has 0 fully saturated rings. The summed E-state index contributed by atoms with van der Waals surface area (Å²) in [4.78, 5) is 3.09. The molecule has 0 aliphatic rings. The fourth-order valence-corrected chi connectivity index (χ4v) is 1.48. The molecule has 1 aromatic carbocycles. The molecule has 0 aliphatic heterocycles. The Labute approximate surface area is 76.2 Å². The first-order valence-corrected chi connectivity index (χ1v) is 4.25. The molecule has 1 atom stereocenters. The standard InChI is InChI=1S/C10H12N2O/c1-6(11)9-10(13)7-4-2-3-5-8(7)12-9/h2-6,12-13H,11H2,1H3/t6-/m0/s1. The normalized spacial score (nSPS) is 13.4. The zero-order valence-electron chi connectivity index (χ0n) is 7.41. The maximum Gasteiger partial charge on any atom is 0.145 e. The van der Waals surface area contributed by atoms with Crippen LogP contribution in [0.4, 0.5) is 0 Å². The molecule has 3 heteroatoms. The van der Waals surface area contributed by atoms with Gasteiger partial charge in [0, 0.05) is 16.9 Å². The van der Waals surface area contributed by atoms with E-state index >= 15 is 0 Å². The monoisotopic (exact) mass is 176 g/mol. The predicted molar refractivity (Wildman–Crippen MR) is 52.6 cm³/mol. The van der Waals surface area contributed by atoms with Crippen molar-refractivity contribution in [2.45, 2.75) is 13.0 Å². The second-order valence-electron chi connectivity index (χ2n) is 3.22. The summed E-state index contributed by atoms with van der Waals surface area (Å²) in [6.07, 6.45) is 0. The highest BCUT2D eigenvalue weighted by Crippen LogP contribution is 2.31. The first kappa shape index (κ1) is 8.13. The van der Waals surface area contributed by atoms with Gasteiger partial charge in [0.25, 0.3) is 0 Å². The summed E-state index contributed by atoms with van der Waals surface area (Å²) < 4.78 is 0. The molecular formula is C10H12N2O. The zero-order valence-corrected chi connectivity index (χ0v) is 7.41. The van der Waals surface area contributed by atoms with Crippen molar-refractivity contribution in [3.63, 3.8) is 0 Å². The molecular weight excluding hydrogens is 164 g/mol. The minimum atomic E-state index is -0.174. The van der Waals surface area contributed by atoms with Gasteiger partial charge in [0.05, 0.1) is 5.69 Å². The highest BCUT2D eigenvalue weighted by molar-refractivity contribution is 5.87. The third-order valence-corrected chi connectivity index (χ3v) is 2.16. The Kier molecular flexibility index (Phi) is 1.74. The van der Waals surface area contributed by atoms with Crippen LogP contribution in [0, 0.1) is 0 Å². The predicted octanol–water partition coefficient (Wildman–Crippen LogP) is 1.89. The Balaban J connectivity index is 2.74. The second kappa shape index (κ2) is 2.78. The molecule has 2 aromatic rings. The van der Waals surface area contributed by atoms with Gasteiger partial charge in [-0.25, -0.2) is 0 Å². The molecule has 68 valence electrons. The van der Waals surface area contributed by atoms with Crippen LogP contribution >= 0.6 is 0 Å². The molecule has 0 amide bonds. The van der Waals surface area contributed by atoms with Gasteiger partial charge in [0.1, 0.15) is 5.75 Å². The molecule has 0 radical (unpaired) electrons. The molecule has 0 saturated heterocycles. The highest BCUT2D eigenvalue weighted by Gasteiger charge is 2.11. The number of hydrogen-bond acceptors (Lipinski definition) is 2. The smallest absolute Gasteiger partial charge is 0.145 e. The number of fused-ring (bicyclic) bond motifs is 1. The lowest BCUT2D eigenvalue weighted by Crippen LogP contribution is -2.05. The molecule has 1 heterocycles. The lowest BCUT2D eigenvalue weighted by Gasteiger charge is -2.01. The average Bonchev–Trinajstić information content (AvgIpc) is 2.45. The van der Waals surface area contributed by atoms with Crippen molar-refractivity contribution >= 4 is 10.9 Å². The summed E-state index contributed by atoms with van der Waals surface area (Å²) in [6.45, 7) is 1.84. The van der Waals surface area contributed by atoms with E-state index in [1.807, 2.05) is 31.2 Å². The maximum atomic E-state index is 9.75. The Hall–Kier alpha value is -1.48. The molecule has 0 aliphatic carbocycles. The largest absolute Gasteiger partial charge is 0.505 e. The van der Waals surface area contributed by atoms with Crippen LogP contribution in [-0.2, 0) is 0 Å². The van der Waals surface area contributed by atoms with Gasteiger partial charge in [-0.3, -0.25) is 0 Å². The number of benzene rings is 1. The van der Waals surface area contributed by atoms with Gasteiger partial charge in [0.15, 0.2) is 0 Å². The molecule has 2 rings (SSSR count). The van der Waals surface area contributed by atoms with Crippen molar-refractivity contribution in [3.05, 3.63) is 30.0 Å². The van der Waals surface area contributed by atoms with Crippen LogP contribution in [0.1, 0.15) is 18.7 Å². The van der Waals surface area contributed by atoms with Crippen molar-refractivity contribution in [1.29, 1.82) is 0 Å². The van der Waals surface area contributed by atoms with Crippen LogP contribution in [0.15, 0.2) is 24.3 Å². The quantitative estimate of drug-likeness (QED) is 0.621. The number of H-pyrrole nitrogens is 1. The summed E-state index contributed by atoms with van der Waals surface area (Å²) in [6, 6.07) is 7.42. The van der Waals surface area contributed by atoms with Crippen molar-refractivity contribution in [1.82, 2.24) is 4.98 Å². The Morgan fingerprint density at radius 3 is 2.69 bits per heavy atom. The minimum absolute atomic E-state index is 0.174. The van der Waals surface area contributed by atoms with Gasteiger partial charge in [-0.2, -0.15) is 0 Å². The number of hydrogen-bond donors (Lipinski definition) is 3. The first-order chi connectivity index (χ1) is 6.20. The lowest BCUT2D eigenvalue weighted by atomic mass is 10.2. The van der Waals surface area contributed by atoms with Crippen LogP contribution in [-0.4, -0.2) is 10.1 Å². The minimum Gasteiger partial charge on any atom is -0.505 e. The van der Waals surface area contributed by atoms with Crippen molar-refractivity contribution in [3.8, 4) is 5.75 Å². The van der Waals surface area contributed by atoms with E-state index in [9.17, 15) is 5.11 Å². The topological polar surface area (TPSA) is 62.0 Å². The highest BCUT2D eigenvalue weighted by atomic mass is 16.3. The van der Waals surface area contributed by atoms with E-state index in [0.717, 1.165) is 10.9 Å². The van der Waals surface area contributed by atoms with E-state index in [1.165, 1.54) is 0 Å². The second-order valence-corrected chi connectivity index (χ2v) is 3.22. The van der Waals surface area contributed by atoms with Gasteiger partial charge in [-0.1, -0.05) is 12.1 Å². The van der Waals surface area contributed by atoms with E-state index in [-0.39, 0.29) is 11.8 Å².